The van der Waals surface area contributed by atoms with Crippen molar-refractivity contribution in [2.24, 2.45) is 5.92 Å². The van der Waals surface area contributed by atoms with E-state index in [-0.39, 0.29) is 5.92 Å². The van der Waals surface area contributed by atoms with Crippen LogP contribution in [0.2, 0.25) is 0 Å². The number of amides is 1. The minimum absolute atomic E-state index is 0.171. The molecular formula is C19H19N3O3S. The lowest BCUT2D eigenvalue weighted by Gasteiger charge is -2.22. The fourth-order valence-electron chi connectivity index (χ4n) is 2.69. The van der Waals surface area contributed by atoms with Crippen molar-refractivity contribution in [2.75, 3.05) is 6.61 Å². The largest absolute Gasteiger partial charge is 0.451 e. The van der Waals surface area contributed by atoms with Gasteiger partial charge < -0.3 is 10.1 Å². The first kappa shape index (κ1) is 18.1. The summed E-state index contributed by atoms with van der Waals surface area (Å²) in [4.78, 5) is 29.1. The summed E-state index contributed by atoms with van der Waals surface area (Å²) in [5, 5.41) is 12.7. The topological polar surface area (TPSA) is 92.1 Å². The molecule has 6 nitrogen and oxygen atoms in total. The Hall–Kier alpha value is -2.72. The third kappa shape index (κ3) is 3.92. The molecule has 2 aromatic rings. The zero-order valence-corrected chi connectivity index (χ0v) is 15.4. The van der Waals surface area contributed by atoms with Gasteiger partial charge in [0.15, 0.2) is 6.61 Å². The van der Waals surface area contributed by atoms with E-state index in [9.17, 15) is 14.9 Å². The van der Waals surface area contributed by atoms with E-state index in [1.54, 1.807) is 13.8 Å². The monoisotopic (exact) mass is 369 g/mol. The van der Waals surface area contributed by atoms with Crippen molar-refractivity contribution >= 4 is 23.2 Å². The zero-order chi connectivity index (χ0) is 18.7. The van der Waals surface area contributed by atoms with Gasteiger partial charge in [-0.25, -0.2) is 9.78 Å². The van der Waals surface area contributed by atoms with Gasteiger partial charge in [-0.15, -0.1) is 11.3 Å². The molecular weight excluding hydrogens is 350 g/mol. The molecule has 1 amide bonds. The Morgan fingerprint density at radius 2 is 2.08 bits per heavy atom. The highest BCUT2D eigenvalue weighted by Gasteiger charge is 2.43. The van der Waals surface area contributed by atoms with Gasteiger partial charge in [0.1, 0.15) is 15.4 Å². The van der Waals surface area contributed by atoms with Gasteiger partial charge in [-0.2, -0.15) is 5.26 Å². The summed E-state index contributed by atoms with van der Waals surface area (Å²) in [6.45, 7) is 3.02. The number of hydrogen-bond acceptors (Lipinski definition) is 6. The van der Waals surface area contributed by atoms with Crippen LogP contribution in [0.3, 0.4) is 0 Å². The number of nitrogens with one attached hydrogen (secondary N) is 1. The highest BCUT2D eigenvalue weighted by molar-refractivity contribution is 7.17. The molecule has 134 valence electrons. The number of carbonyl (C=O) groups excluding carboxylic acids is 2. The van der Waals surface area contributed by atoms with E-state index in [0.29, 0.717) is 10.6 Å². The maximum atomic E-state index is 12.3. The summed E-state index contributed by atoms with van der Waals surface area (Å²) in [6.07, 6.45) is 1.85. The fourth-order valence-corrected chi connectivity index (χ4v) is 3.66. The van der Waals surface area contributed by atoms with E-state index in [1.165, 1.54) is 11.3 Å². The van der Waals surface area contributed by atoms with Crippen molar-refractivity contribution in [1.82, 2.24) is 10.3 Å². The third-order valence-corrected chi connectivity index (χ3v) is 5.55. The Balaban J connectivity index is 1.61. The quantitative estimate of drug-likeness (QED) is 0.790. The number of aromatic nitrogens is 1. The Morgan fingerprint density at radius 3 is 2.69 bits per heavy atom. The van der Waals surface area contributed by atoms with Gasteiger partial charge in [0.05, 0.1) is 11.8 Å². The predicted octanol–water partition coefficient (Wildman–Crippen LogP) is 3.08. The maximum Gasteiger partial charge on any atom is 0.350 e. The van der Waals surface area contributed by atoms with Gasteiger partial charge in [0.2, 0.25) is 0 Å². The number of nitrogens with zero attached hydrogens (tertiary/aromatic N) is 2. The van der Waals surface area contributed by atoms with Gasteiger partial charge in [-0.1, -0.05) is 30.3 Å². The van der Waals surface area contributed by atoms with Gasteiger partial charge >= 0.3 is 5.97 Å². The normalized spacial score (nSPS) is 15.6. The van der Waals surface area contributed by atoms with Crippen LogP contribution in [0.25, 0.3) is 10.6 Å². The Bertz CT molecular complexity index is 868. The Kier molecular flexibility index (Phi) is 5.05. The van der Waals surface area contributed by atoms with Crippen LogP contribution in [-0.4, -0.2) is 29.0 Å². The molecule has 26 heavy (non-hydrogen) atoms. The summed E-state index contributed by atoms with van der Waals surface area (Å²) in [5.41, 5.74) is 0.593. The Morgan fingerprint density at radius 1 is 1.38 bits per heavy atom. The number of carbonyl (C=O) groups is 2. The molecule has 1 N–H and O–H groups in total. The van der Waals surface area contributed by atoms with Crippen LogP contribution < -0.4 is 5.32 Å². The van der Waals surface area contributed by atoms with Crippen LogP contribution >= 0.6 is 11.3 Å². The van der Waals surface area contributed by atoms with Crippen LogP contribution in [0.1, 0.15) is 35.1 Å². The number of hydrogen-bond donors (Lipinski definition) is 1. The number of ether oxygens (including phenoxy) is 1. The molecule has 1 heterocycles. The van der Waals surface area contributed by atoms with E-state index in [2.05, 4.69) is 16.4 Å². The van der Waals surface area contributed by atoms with Crippen LogP contribution in [0.4, 0.5) is 0 Å². The number of rotatable bonds is 6. The van der Waals surface area contributed by atoms with Crippen LogP contribution in [0, 0.1) is 24.2 Å². The molecule has 1 saturated carbocycles. The summed E-state index contributed by atoms with van der Waals surface area (Å²) < 4.78 is 5.12. The molecule has 0 spiro atoms. The summed E-state index contributed by atoms with van der Waals surface area (Å²) in [6, 6.07) is 11.7. The average molecular weight is 369 g/mol. The van der Waals surface area contributed by atoms with Gasteiger partial charge in [-0.3, -0.25) is 4.79 Å². The van der Waals surface area contributed by atoms with Gasteiger partial charge in [0.25, 0.3) is 5.91 Å². The van der Waals surface area contributed by atoms with E-state index in [0.717, 1.165) is 23.4 Å². The lowest BCUT2D eigenvalue weighted by Crippen LogP contribution is -2.48. The summed E-state index contributed by atoms with van der Waals surface area (Å²) in [7, 11) is 0. The van der Waals surface area contributed by atoms with E-state index < -0.39 is 24.0 Å². The smallest absolute Gasteiger partial charge is 0.350 e. The molecule has 0 aliphatic heterocycles. The summed E-state index contributed by atoms with van der Waals surface area (Å²) in [5.74, 6) is -0.883. The molecule has 1 aliphatic carbocycles. The molecule has 1 fully saturated rings. The van der Waals surface area contributed by atoms with E-state index >= 15 is 0 Å². The van der Waals surface area contributed by atoms with Crippen molar-refractivity contribution < 1.29 is 14.3 Å². The molecule has 1 atom stereocenters. The van der Waals surface area contributed by atoms with Crippen molar-refractivity contribution in [3.8, 4) is 16.6 Å². The Labute approximate surface area is 155 Å². The van der Waals surface area contributed by atoms with Crippen LogP contribution in [0.5, 0.6) is 0 Å². The first-order valence-corrected chi connectivity index (χ1v) is 9.17. The third-order valence-electron chi connectivity index (χ3n) is 4.36. The fraction of sp³-hybridized carbons (Fsp3) is 0.368. The van der Waals surface area contributed by atoms with Crippen molar-refractivity contribution in [2.45, 2.75) is 32.2 Å². The second-order valence-corrected chi connectivity index (χ2v) is 7.51. The summed E-state index contributed by atoms with van der Waals surface area (Å²) >= 11 is 1.24. The highest BCUT2D eigenvalue weighted by atomic mass is 32.1. The second-order valence-electron chi connectivity index (χ2n) is 6.51. The zero-order valence-electron chi connectivity index (χ0n) is 14.6. The van der Waals surface area contributed by atoms with Crippen LogP contribution in [-0.2, 0) is 9.53 Å². The van der Waals surface area contributed by atoms with Crippen LogP contribution in [0.15, 0.2) is 30.3 Å². The highest BCUT2D eigenvalue weighted by Crippen LogP contribution is 2.39. The predicted molar refractivity (Wildman–Crippen MR) is 97.5 cm³/mol. The SMILES string of the molecule is Cc1nc(-c2ccccc2)sc1C(=O)OCC(=O)N[C@@](C)(C#N)C1CC1. The van der Waals surface area contributed by atoms with Crippen molar-refractivity contribution in [3.63, 3.8) is 0 Å². The van der Waals surface area contributed by atoms with Gasteiger partial charge in [-0.05, 0) is 32.6 Å². The first-order chi connectivity index (χ1) is 12.4. The van der Waals surface area contributed by atoms with E-state index in [1.807, 2.05) is 30.3 Å². The molecule has 1 aliphatic rings. The molecule has 0 unspecified atom stereocenters. The minimum atomic E-state index is -0.898. The number of nitriles is 1. The first-order valence-electron chi connectivity index (χ1n) is 8.35. The molecule has 0 radical (unpaired) electrons. The minimum Gasteiger partial charge on any atom is -0.451 e. The average Bonchev–Trinajstić information content (AvgIpc) is 3.43. The van der Waals surface area contributed by atoms with Gasteiger partial charge in [0, 0.05) is 5.56 Å². The lowest BCUT2D eigenvalue weighted by atomic mass is 9.98. The maximum absolute atomic E-state index is 12.3. The number of benzene rings is 1. The number of esters is 1. The number of thiazole rings is 1. The number of aryl methyl sites for hydroxylation is 1. The molecule has 3 rings (SSSR count). The second kappa shape index (κ2) is 7.26. The molecule has 0 bridgehead atoms. The molecule has 1 aromatic carbocycles. The van der Waals surface area contributed by atoms with Crippen molar-refractivity contribution in [3.05, 3.63) is 40.9 Å². The molecule has 7 heteroatoms. The van der Waals surface area contributed by atoms with E-state index in [4.69, 9.17) is 4.74 Å². The lowest BCUT2D eigenvalue weighted by molar-refractivity contribution is -0.125. The standard InChI is InChI=1S/C19H19N3O3S/c1-12-16(26-17(21-12)13-6-4-3-5-7-13)18(24)25-10-15(23)22-19(2,11-20)14-8-9-14/h3-7,14H,8-10H2,1-2H3,(H,22,23)/t19-/m0/s1. The molecule has 1 aromatic heterocycles. The van der Waals surface area contributed by atoms with Crippen molar-refractivity contribution in [1.29, 1.82) is 5.26 Å². The molecule has 0 saturated heterocycles.